The molecule has 2 rings (SSSR count). The van der Waals surface area contributed by atoms with E-state index < -0.39 is 11.9 Å². The first kappa shape index (κ1) is 15.3. The van der Waals surface area contributed by atoms with Crippen LogP contribution < -0.4 is 5.32 Å². The lowest BCUT2D eigenvalue weighted by Gasteiger charge is -2.17. The zero-order valence-electron chi connectivity index (χ0n) is 11.3. The number of nitrogens with one attached hydrogen (secondary N) is 1. The summed E-state index contributed by atoms with van der Waals surface area (Å²) >= 11 is 3.11. The number of aromatic nitrogens is 1. The minimum absolute atomic E-state index is 0.0832. The number of hydrogen-bond donors (Lipinski definition) is 2. The molecular formula is C13H18N2O3S2. The third kappa shape index (κ3) is 4.21. The smallest absolute Gasteiger partial charge is 0.308 e. The van der Waals surface area contributed by atoms with E-state index in [4.69, 9.17) is 5.11 Å². The lowest BCUT2D eigenvalue weighted by molar-refractivity contribution is -0.142. The summed E-state index contributed by atoms with van der Waals surface area (Å²) in [6.45, 7) is 1.96. The molecule has 1 aromatic heterocycles. The summed E-state index contributed by atoms with van der Waals surface area (Å²) in [6.07, 6.45) is 2.29. The molecule has 0 aromatic carbocycles. The highest BCUT2D eigenvalue weighted by molar-refractivity contribution is 7.99. The van der Waals surface area contributed by atoms with Gasteiger partial charge in [-0.2, -0.15) is 0 Å². The summed E-state index contributed by atoms with van der Waals surface area (Å²) in [5, 5.41) is 14.9. The molecule has 2 N–H and O–H groups in total. The number of amides is 1. The van der Waals surface area contributed by atoms with Gasteiger partial charge in [0.15, 0.2) is 0 Å². The van der Waals surface area contributed by atoms with E-state index in [0.29, 0.717) is 17.9 Å². The Morgan fingerprint density at radius 3 is 3.00 bits per heavy atom. The Morgan fingerprint density at radius 2 is 2.35 bits per heavy atom. The number of carbonyl (C=O) groups is 2. The molecule has 1 aliphatic rings. The molecule has 5 nitrogen and oxygen atoms in total. The zero-order chi connectivity index (χ0) is 14.5. The molecule has 2 atom stereocenters. The van der Waals surface area contributed by atoms with Crippen LogP contribution in [0.1, 0.15) is 30.0 Å². The lowest BCUT2D eigenvalue weighted by Crippen LogP contribution is -2.41. The molecule has 1 amide bonds. The van der Waals surface area contributed by atoms with E-state index in [0.717, 1.165) is 23.5 Å². The highest BCUT2D eigenvalue weighted by Crippen LogP contribution is 2.26. The largest absolute Gasteiger partial charge is 0.481 e. The molecule has 7 heteroatoms. The van der Waals surface area contributed by atoms with Gasteiger partial charge in [-0.3, -0.25) is 9.59 Å². The summed E-state index contributed by atoms with van der Waals surface area (Å²) < 4.78 is 0. The number of thiazole rings is 1. The number of carboxylic acids is 1. The van der Waals surface area contributed by atoms with Gasteiger partial charge in [-0.1, -0.05) is 6.42 Å². The SMILES string of the molecule is Cc1nc(CSCC(=O)NC2CCCC2C(=O)O)cs1. The molecule has 1 saturated carbocycles. The van der Waals surface area contributed by atoms with Crippen molar-refractivity contribution in [2.75, 3.05) is 5.75 Å². The molecule has 2 unspecified atom stereocenters. The first-order chi connectivity index (χ1) is 9.56. The van der Waals surface area contributed by atoms with Gasteiger partial charge >= 0.3 is 5.97 Å². The van der Waals surface area contributed by atoms with Crippen LogP contribution in [0.25, 0.3) is 0 Å². The number of aryl methyl sites for hydroxylation is 1. The molecule has 0 aliphatic heterocycles. The predicted octanol–water partition coefficient (Wildman–Crippen LogP) is 2.05. The molecular weight excluding hydrogens is 296 g/mol. The first-order valence-corrected chi connectivity index (χ1v) is 8.60. The number of rotatable bonds is 6. The fourth-order valence-corrected chi connectivity index (χ4v) is 3.85. The molecule has 1 heterocycles. The maximum absolute atomic E-state index is 11.8. The average Bonchev–Trinajstić information content (AvgIpc) is 2.98. The summed E-state index contributed by atoms with van der Waals surface area (Å²) in [7, 11) is 0. The highest BCUT2D eigenvalue weighted by Gasteiger charge is 2.33. The number of thioether (sulfide) groups is 1. The van der Waals surface area contributed by atoms with Crippen molar-refractivity contribution in [3.63, 3.8) is 0 Å². The van der Waals surface area contributed by atoms with Crippen LogP contribution in [0.15, 0.2) is 5.38 Å². The van der Waals surface area contributed by atoms with Crippen molar-refractivity contribution >= 4 is 35.0 Å². The van der Waals surface area contributed by atoms with E-state index in [1.807, 2.05) is 12.3 Å². The van der Waals surface area contributed by atoms with Crippen molar-refractivity contribution in [2.45, 2.75) is 38.0 Å². The molecule has 0 bridgehead atoms. The standard InChI is InChI=1S/C13H18N2O3S2/c1-8-14-9(6-20-8)5-19-7-12(16)15-11-4-2-3-10(11)13(17)18/h6,10-11H,2-5,7H2,1H3,(H,15,16)(H,17,18). The molecule has 1 aliphatic carbocycles. The van der Waals surface area contributed by atoms with Gasteiger partial charge in [0.2, 0.25) is 5.91 Å². The van der Waals surface area contributed by atoms with Gasteiger partial charge in [0.1, 0.15) is 0 Å². The summed E-state index contributed by atoms with van der Waals surface area (Å²) in [5.41, 5.74) is 0.995. The van der Waals surface area contributed by atoms with E-state index in [1.54, 1.807) is 11.3 Å². The minimum atomic E-state index is -0.807. The molecule has 0 spiro atoms. The summed E-state index contributed by atoms with van der Waals surface area (Å²) in [6, 6.07) is -0.206. The van der Waals surface area contributed by atoms with Crippen LogP contribution in [0.4, 0.5) is 0 Å². The average molecular weight is 314 g/mol. The Kier molecular flexibility index (Phi) is 5.42. The van der Waals surface area contributed by atoms with Crippen molar-refractivity contribution in [3.05, 3.63) is 16.1 Å². The van der Waals surface area contributed by atoms with Crippen molar-refractivity contribution in [1.29, 1.82) is 0 Å². The Hall–Kier alpha value is -1.08. The van der Waals surface area contributed by atoms with E-state index in [1.165, 1.54) is 11.8 Å². The number of aliphatic carboxylic acids is 1. The summed E-state index contributed by atoms with van der Waals surface area (Å²) in [5.74, 6) is -0.256. The minimum Gasteiger partial charge on any atom is -0.481 e. The van der Waals surface area contributed by atoms with Crippen LogP contribution in [0.2, 0.25) is 0 Å². The summed E-state index contributed by atoms with van der Waals surface area (Å²) in [4.78, 5) is 27.2. The van der Waals surface area contributed by atoms with E-state index in [2.05, 4.69) is 10.3 Å². The van der Waals surface area contributed by atoms with Gasteiger partial charge in [0.25, 0.3) is 0 Å². The van der Waals surface area contributed by atoms with Gasteiger partial charge < -0.3 is 10.4 Å². The lowest BCUT2D eigenvalue weighted by atomic mass is 10.0. The van der Waals surface area contributed by atoms with E-state index >= 15 is 0 Å². The molecule has 1 aromatic rings. The van der Waals surface area contributed by atoms with Gasteiger partial charge in [0.05, 0.1) is 22.4 Å². The van der Waals surface area contributed by atoms with Crippen molar-refractivity contribution in [3.8, 4) is 0 Å². The molecule has 1 fully saturated rings. The zero-order valence-corrected chi connectivity index (χ0v) is 12.9. The van der Waals surface area contributed by atoms with Crippen molar-refractivity contribution in [2.24, 2.45) is 5.92 Å². The quantitative estimate of drug-likeness (QED) is 0.840. The number of carboxylic acid groups (broad SMARTS) is 1. The van der Waals surface area contributed by atoms with Gasteiger partial charge in [0, 0.05) is 17.2 Å². The van der Waals surface area contributed by atoms with Crippen molar-refractivity contribution in [1.82, 2.24) is 10.3 Å². The maximum Gasteiger partial charge on any atom is 0.308 e. The Balaban J connectivity index is 1.71. The van der Waals surface area contributed by atoms with Crippen LogP contribution in [0.3, 0.4) is 0 Å². The fraction of sp³-hybridized carbons (Fsp3) is 0.615. The third-order valence-corrected chi connectivity index (χ3v) is 5.12. The molecule has 20 heavy (non-hydrogen) atoms. The van der Waals surface area contributed by atoms with Crippen LogP contribution in [-0.4, -0.2) is 33.8 Å². The molecule has 0 saturated heterocycles. The number of hydrogen-bond acceptors (Lipinski definition) is 5. The van der Waals surface area contributed by atoms with Gasteiger partial charge in [-0.15, -0.1) is 23.1 Å². The van der Waals surface area contributed by atoms with Crippen molar-refractivity contribution < 1.29 is 14.7 Å². The maximum atomic E-state index is 11.8. The van der Waals surface area contributed by atoms with Crippen LogP contribution in [-0.2, 0) is 15.3 Å². The third-order valence-electron chi connectivity index (χ3n) is 3.33. The molecule has 0 radical (unpaired) electrons. The fourth-order valence-electron chi connectivity index (χ4n) is 2.40. The Morgan fingerprint density at radius 1 is 1.55 bits per heavy atom. The number of nitrogens with zero attached hydrogens (tertiary/aromatic N) is 1. The topological polar surface area (TPSA) is 79.3 Å². The van der Waals surface area contributed by atoms with Gasteiger partial charge in [-0.05, 0) is 19.8 Å². The first-order valence-electron chi connectivity index (χ1n) is 6.57. The Labute approximate surface area is 126 Å². The highest BCUT2D eigenvalue weighted by atomic mass is 32.2. The number of carbonyl (C=O) groups excluding carboxylic acids is 1. The monoisotopic (exact) mass is 314 g/mol. The second-order valence-corrected chi connectivity index (χ2v) is 6.95. The van der Waals surface area contributed by atoms with Crippen LogP contribution >= 0.6 is 23.1 Å². The van der Waals surface area contributed by atoms with Crippen LogP contribution in [0.5, 0.6) is 0 Å². The van der Waals surface area contributed by atoms with Gasteiger partial charge in [-0.25, -0.2) is 4.98 Å². The molecule has 110 valence electrons. The predicted molar refractivity (Wildman–Crippen MR) is 79.9 cm³/mol. The van der Waals surface area contributed by atoms with Crippen LogP contribution in [0, 0.1) is 12.8 Å². The van der Waals surface area contributed by atoms with E-state index in [9.17, 15) is 9.59 Å². The Bertz CT molecular complexity index is 490. The van der Waals surface area contributed by atoms with E-state index in [-0.39, 0.29) is 11.9 Å². The normalized spacial score (nSPS) is 21.9. The second-order valence-electron chi connectivity index (χ2n) is 4.90. The second kappa shape index (κ2) is 7.08.